The molecule has 6 heteroatoms. The lowest BCUT2D eigenvalue weighted by Gasteiger charge is -2.29. The molecule has 0 bridgehead atoms. The molecule has 0 saturated carbocycles. The van der Waals surface area contributed by atoms with Crippen molar-refractivity contribution in [1.29, 1.82) is 0 Å². The first-order chi connectivity index (χ1) is 8.80. The molecule has 0 atom stereocenters. The van der Waals surface area contributed by atoms with Crippen LogP contribution in [-0.2, 0) is 10.0 Å². The Hall–Kier alpha value is -1.14. The molecule has 0 amide bonds. The highest BCUT2D eigenvalue weighted by molar-refractivity contribution is 7.89. The summed E-state index contributed by atoms with van der Waals surface area (Å²) in [7, 11) is -3.52. The van der Waals surface area contributed by atoms with Crippen LogP contribution in [-0.4, -0.2) is 36.4 Å². The molecular weight excluding hydrogens is 264 g/mol. The van der Waals surface area contributed by atoms with Crippen molar-refractivity contribution in [2.45, 2.75) is 51.6 Å². The lowest BCUT2D eigenvalue weighted by atomic mass is 10.3. The molecule has 0 saturated heterocycles. The monoisotopic (exact) mass is 286 g/mol. The molecular formula is C13H22N2O3S. The highest BCUT2D eigenvalue weighted by Crippen LogP contribution is 2.21. The number of hydrogen-bond donors (Lipinski definition) is 0. The first-order valence-electron chi connectivity index (χ1n) is 6.43. The van der Waals surface area contributed by atoms with Crippen LogP contribution < -0.4 is 4.74 Å². The molecule has 1 heterocycles. The number of ether oxygens (including phenoxy) is 1. The van der Waals surface area contributed by atoms with Gasteiger partial charge in [0, 0.05) is 18.2 Å². The van der Waals surface area contributed by atoms with Crippen LogP contribution in [0, 0.1) is 0 Å². The van der Waals surface area contributed by atoms with Crippen molar-refractivity contribution in [2.75, 3.05) is 6.61 Å². The fourth-order valence-corrected chi connectivity index (χ4v) is 3.81. The van der Waals surface area contributed by atoms with Gasteiger partial charge < -0.3 is 4.74 Å². The highest BCUT2D eigenvalue weighted by Gasteiger charge is 2.29. The van der Waals surface area contributed by atoms with E-state index >= 15 is 0 Å². The molecule has 0 aliphatic rings. The molecule has 1 rings (SSSR count). The van der Waals surface area contributed by atoms with Gasteiger partial charge in [-0.2, -0.15) is 4.31 Å². The Labute approximate surface area is 115 Å². The summed E-state index contributed by atoms with van der Waals surface area (Å²) in [6, 6.07) is 2.91. The van der Waals surface area contributed by atoms with Gasteiger partial charge in [-0.15, -0.1) is 0 Å². The van der Waals surface area contributed by atoms with Crippen molar-refractivity contribution < 1.29 is 13.2 Å². The average Bonchev–Trinajstić information content (AvgIpc) is 2.28. The van der Waals surface area contributed by atoms with Crippen LogP contribution in [0.15, 0.2) is 23.2 Å². The lowest BCUT2D eigenvalue weighted by molar-refractivity contribution is 0.302. The zero-order valence-corrected chi connectivity index (χ0v) is 12.9. The third-order valence-electron chi connectivity index (χ3n) is 2.59. The standard InChI is InChI=1S/C13H22N2O3S/c1-6-18-13-8-7-12(9-14-13)19(16,17)15(10(2)3)11(4)5/h7-11H,6H2,1-5H3. The van der Waals surface area contributed by atoms with E-state index in [9.17, 15) is 8.42 Å². The molecule has 0 radical (unpaired) electrons. The summed E-state index contributed by atoms with van der Waals surface area (Å²) in [5.41, 5.74) is 0. The lowest BCUT2D eigenvalue weighted by Crippen LogP contribution is -2.41. The van der Waals surface area contributed by atoms with Gasteiger partial charge in [0.05, 0.1) is 12.8 Å². The summed E-state index contributed by atoms with van der Waals surface area (Å²) >= 11 is 0. The van der Waals surface area contributed by atoms with E-state index in [1.165, 1.54) is 16.6 Å². The topological polar surface area (TPSA) is 59.5 Å². The van der Waals surface area contributed by atoms with E-state index in [4.69, 9.17) is 4.74 Å². The number of rotatable bonds is 6. The van der Waals surface area contributed by atoms with Gasteiger partial charge in [-0.1, -0.05) is 0 Å². The van der Waals surface area contributed by atoms with E-state index < -0.39 is 10.0 Å². The van der Waals surface area contributed by atoms with Crippen LogP contribution in [0.1, 0.15) is 34.6 Å². The Kier molecular flexibility index (Phi) is 5.31. The quantitative estimate of drug-likeness (QED) is 0.805. The highest BCUT2D eigenvalue weighted by atomic mass is 32.2. The molecule has 0 N–H and O–H groups in total. The van der Waals surface area contributed by atoms with Crippen molar-refractivity contribution in [2.24, 2.45) is 0 Å². The van der Waals surface area contributed by atoms with E-state index in [-0.39, 0.29) is 17.0 Å². The van der Waals surface area contributed by atoms with Gasteiger partial charge in [-0.05, 0) is 40.7 Å². The first kappa shape index (κ1) is 15.9. The second kappa shape index (κ2) is 6.34. The van der Waals surface area contributed by atoms with E-state index in [0.29, 0.717) is 12.5 Å². The molecule has 0 aliphatic carbocycles. The predicted molar refractivity (Wildman–Crippen MR) is 74.7 cm³/mol. The molecule has 0 spiro atoms. The van der Waals surface area contributed by atoms with Gasteiger partial charge in [-0.3, -0.25) is 0 Å². The third kappa shape index (κ3) is 3.67. The van der Waals surface area contributed by atoms with E-state index in [1.54, 1.807) is 6.07 Å². The molecule has 108 valence electrons. The Morgan fingerprint density at radius 1 is 1.21 bits per heavy atom. The minimum Gasteiger partial charge on any atom is -0.478 e. The van der Waals surface area contributed by atoms with Crippen LogP contribution in [0.2, 0.25) is 0 Å². The number of hydrogen-bond acceptors (Lipinski definition) is 4. The summed E-state index contributed by atoms with van der Waals surface area (Å²) in [6.45, 7) is 9.80. The summed E-state index contributed by atoms with van der Waals surface area (Å²) in [5, 5.41) is 0. The average molecular weight is 286 g/mol. The SMILES string of the molecule is CCOc1ccc(S(=O)(=O)N(C(C)C)C(C)C)cn1. The van der Waals surface area contributed by atoms with E-state index in [1.807, 2.05) is 34.6 Å². The molecule has 0 aliphatic heterocycles. The predicted octanol–water partition coefficient (Wildman–Crippen LogP) is 2.29. The number of nitrogens with zero attached hydrogens (tertiary/aromatic N) is 2. The normalized spacial score (nSPS) is 12.4. The second-order valence-electron chi connectivity index (χ2n) is 4.79. The minimum atomic E-state index is -3.52. The second-order valence-corrected chi connectivity index (χ2v) is 6.63. The molecule has 5 nitrogen and oxygen atoms in total. The zero-order valence-electron chi connectivity index (χ0n) is 12.1. The molecule has 0 unspecified atom stereocenters. The van der Waals surface area contributed by atoms with Gasteiger partial charge in [0.15, 0.2) is 0 Å². The fraction of sp³-hybridized carbons (Fsp3) is 0.615. The maximum atomic E-state index is 12.5. The van der Waals surface area contributed by atoms with Crippen molar-refractivity contribution in [1.82, 2.24) is 9.29 Å². The zero-order chi connectivity index (χ0) is 14.6. The summed E-state index contributed by atoms with van der Waals surface area (Å²) in [6.07, 6.45) is 1.35. The van der Waals surface area contributed by atoms with Crippen LogP contribution in [0.4, 0.5) is 0 Å². The van der Waals surface area contributed by atoms with Gasteiger partial charge in [0.1, 0.15) is 4.90 Å². The van der Waals surface area contributed by atoms with Crippen LogP contribution >= 0.6 is 0 Å². The fourth-order valence-electron chi connectivity index (χ4n) is 2.03. The Bertz CT molecular complexity index is 487. The Morgan fingerprint density at radius 3 is 2.16 bits per heavy atom. The Morgan fingerprint density at radius 2 is 1.79 bits per heavy atom. The van der Waals surface area contributed by atoms with Crippen molar-refractivity contribution in [3.63, 3.8) is 0 Å². The van der Waals surface area contributed by atoms with Crippen molar-refractivity contribution in [3.05, 3.63) is 18.3 Å². The number of sulfonamides is 1. The third-order valence-corrected chi connectivity index (χ3v) is 4.83. The maximum Gasteiger partial charge on any atom is 0.245 e. The van der Waals surface area contributed by atoms with Crippen molar-refractivity contribution in [3.8, 4) is 5.88 Å². The Balaban J connectivity index is 3.11. The minimum absolute atomic E-state index is 0.100. The summed E-state index contributed by atoms with van der Waals surface area (Å²) in [5.74, 6) is 0.432. The van der Waals surface area contributed by atoms with Crippen LogP contribution in [0.5, 0.6) is 5.88 Å². The van der Waals surface area contributed by atoms with Crippen LogP contribution in [0.25, 0.3) is 0 Å². The summed E-state index contributed by atoms with van der Waals surface area (Å²) in [4.78, 5) is 4.20. The molecule has 19 heavy (non-hydrogen) atoms. The molecule has 0 aromatic carbocycles. The number of pyridine rings is 1. The molecule has 0 fully saturated rings. The van der Waals surface area contributed by atoms with E-state index in [2.05, 4.69) is 4.98 Å². The smallest absolute Gasteiger partial charge is 0.245 e. The van der Waals surface area contributed by atoms with Crippen LogP contribution in [0.3, 0.4) is 0 Å². The van der Waals surface area contributed by atoms with E-state index in [0.717, 1.165) is 0 Å². The van der Waals surface area contributed by atoms with Gasteiger partial charge >= 0.3 is 0 Å². The number of aromatic nitrogens is 1. The van der Waals surface area contributed by atoms with Gasteiger partial charge in [0.25, 0.3) is 0 Å². The molecule has 1 aromatic heterocycles. The maximum absolute atomic E-state index is 12.5. The largest absolute Gasteiger partial charge is 0.478 e. The van der Waals surface area contributed by atoms with Gasteiger partial charge in [-0.25, -0.2) is 13.4 Å². The first-order valence-corrected chi connectivity index (χ1v) is 7.87. The van der Waals surface area contributed by atoms with Crippen molar-refractivity contribution >= 4 is 10.0 Å². The molecule has 1 aromatic rings. The summed E-state index contributed by atoms with van der Waals surface area (Å²) < 4.78 is 31.7. The van der Waals surface area contributed by atoms with Gasteiger partial charge in [0.2, 0.25) is 15.9 Å².